The maximum Gasteiger partial charge on any atom is 0.416 e. The number of halogens is 3. The third-order valence-corrected chi connectivity index (χ3v) is 5.54. The highest BCUT2D eigenvalue weighted by Gasteiger charge is 2.30. The second-order valence-corrected chi connectivity index (χ2v) is 8.44. The quantitative estimate of drug-likeness (QED) is 0.218. The molecule has 0 aliphatic heterocycles. The predicted octanol–water partition coefficient (Wildman–Crippen LogP) is 7.73. The zero-order valence-electron chi connectivity index (χ0n) is 20.2. The molecule has 0 spiro atoms. The predicted molar refractivity (Wildman–Crippen MR) is 131 cm³/mol. The molecule has 7 heteroatoms. The van der Waals surface area contributed by atoms with Crippen molar-refractivity contribution in [1.82, 2.24) is 0 Å². The van der Waals surface area contributed by atoms with Gasteiger partial charge in [0.25, 0.3) is 0 Å². The van der Waals surface area contributed by atoms with Crippen LogP contribution in [0.25, 0.3) is 11.1 Å². The monoisotopic (exact) mass is 485 g/mol. The van der Waals surface area contributed by atoms with Crippen LogP contribution in [0.1, 0.15) is 49.8 Å². The van der Waals surface area contributed by atoms with Gasteiger partial charge < -0.3 is 4.90 Å². The van der Waals surface area contributed by atoms with E-state index >= 15 is 0 Å². The lowest BCUT2D eigenvalue weighted by Crippen LogP contribution is -2.23. The molecule has 0 aliphatic rings. The molecule has 0 radical (unpaired) electrons. The number of carbonyl (C=O) groups is 1. The van der Waals surface area contributed by atoms with Crippen LogP contribution in [-0.2, 0) is 22.4 Å². The van der Waals surface area contributed by atoms with Crippen LogP contribution in [0, 0.1) is 6.92 Å². The highest BCUT2D eigenvalue weighted by atomic mass is 19.4. The van der Waals surface area contributed by atoms with E-state index in [-0.39, 0.29) is 0 Å². The Morgan fingerprint density at radius 2 is 1.66 bits per heavy atom. The average Bonchev–Trinajstić information content (AvgIpc) is 2.83. The molecule has 0 amide bonds. The lowest BCUT2D eigenvalue weighted by atomic mass is 10.0. The summed E-state index contributed by atoms with van der Waals surface area (Å²) in [5.41, 5.74) is 3.81. The van der Waals surface area contributed by atoms with E-state index in [9.17, 15) is 18.0 Å². The summed E-state index contributed by atoms with van der Waals surface area (Å²) in [6.07, 6.45) is -2.44. The fourth-order valence-electron chi connectivity index (χ4n) is 3.76. The topological polar surface area (TPSA) is 38.8 Å². The molecule has 4 nitrogen and oxygen atoms in total. The van der Waals surface area contributed by atoms with Crippen molar-refractivity contribution in [3.63, 3.8) is 0 Å². The molecule has 3 rings (SSSR count). The van der Waals surface area contributed by atoms with Crippen molar-refractivity contribution in [2.45, 2.75) is 52.8 Å². The second-order valence-electron chi connectivity index (χ2n) is 8.44. The molecule has 0 aromatic heterocycles. The summed E-state index contributed by atoms with van der Waals surface area (Å²) in [5.74, 6) is 0.0857. The van der Waals surface area contributed by atoms with Gasteiger partial charge >= 0.3 is 12.1 Å². The highest BCUT2D eigenvalue weighted by Crippen LogP contribution is 2.32. The Balaban J connectivity index is 1.76. The first-order chi connectivity index (χ1) is 16.7. The summed E-state index contributed by atoms with van der Waals surface area (Å²) >= 11 is 0. The number of alkyl halides is 3. The molecule has 0 saturated heterocycles. The first kappa shape index (κ1) is 26.1. The summed E-state index contributed by atoms with van der Waals surface area (Å²) in [6.45, 7) is 7.33. The fraction of sp³-hybridized carbons (Fsp3) is 0.321. The largest absolute Gasteiger partial charge is 0.416 e. The van der Waals surface area contributed by atoms with E-state index in [4.69, 9.17) is 9.78 Å². The van der Waals surface area contributed by atoms with Gasteiger partial charge in [0.2, 0.25) is 0 Å². The van der Waals surface area contributed by atoms with E-state index < -0.39 is 17.7 Å². The average molecular weight is 486 g/mol. The number of rotatable bonds is 10. The van der Waals surface area contributed by atoms with E-state index in [1.165, 1.54) is 12.1 Å². The summed E-state index contributed by atoms with van der Waals surface area (Å²) in [6, 6.07) is 18.7. The summed E-state index contributed by atoms with van der Waals surface area (Å²) < 4.78 is 38.7. The van der Waals surface area contributed by atoms with Gasteiger partial charge in [0.15, 0.2) is 5.75 Å². The fourth-order valence-corrected chi connectivity index (χ4v) is 3.76. The van der Waals surface area contributed by atoms with Gasteiger partial charge in [-0.3, -0.25) is 9.78 Å². The smallest absolute Gasteiger partial charge is 0.367 e. The SMILES string of the molecule is CCCC(=O)OOc1ccc(CN(CCC)c2cccc(-c3ccc(C(F)(F)F)cc3)c2)cc1C. The van der Waals surface area contributed by atoms with Gasteiger partial charge in [-0.2, -0.15) is 13.2 Å². The van der Waals surface area contributed by atoms with Crippen molar-refractivity contribution < 1.29 is 27.7 Å². The normalized spacial score (nSPS) is 11.3. The van der Waals surface area contributed by atoms with Crippen LogP contribution in [0.5, 0.6) is 5.75 Å². The second kappa shape index (κ2) is 11.8. The molecule has 0 N–H and O–H groups in total. The minimum absolute atomic E-state index is 0.300. The molecule has 0 atom stereocenters. The zero-order chi connectivity index (χ0) is 25.4. The van der Waals surface area contributed by atoms with Crippen LogP contribution in [-0.4, -0.2) is 12.5 Å². The molecule has 0 fully saturated rings. The van der Waals surface area contributed by atoms with Crippen molar-refractivity contribution in [2.75, 3.05) is 11.4 Å². The maximum atomic E-state index is 12.9. The number of hydrogen-bond donors (Lipinski definition) is 0. The van der Waals surface area contributed by atoms with Crippen molar-refractivity contribution in [1.29, 1.82) is 0 Å². The summed E-state index contributed by atoms with van der Waals surface area (Å²) in [5, 5.41) is 0. The van der Waals surface area contributed by atoms with Gasteiger partial charge in [0.05, 0.1) is 5.56 Å². The molecule has 0 bridgehead atoms. The van der Waals surface area contributed by atoms with Gasteiger partial charge in [-0.1, -0.05) is 50.2 Å². The first-order valence-corrected chi connectivity index (χ1v) is 11.7. The van der Waals surface area contributed by atoms with Gasteiger partial charge in [-0.05, 0) is 72.4 Å². The number of anilines is 1. The van der Waals surface area contributed by atoms with E-state index in [1.807, 2.05) is 50.2 Å². The Morgan fingerprint density at radius 1 is 0.914 bits per heavy atom. The van der Waals surface area contributed by atoms with E-state index in [2.05, 4.69) is 11.8 Å². The molecule has 35 heavy (non-hydrogen) atoms. The molecule has 186 valence electrons. The van der Waals surface area contributed by atoms with E-state index in [0.29, 0.717) is 25.1 Å². The lowest BCUT2D eigenvalue weighted by molar-refractivity contribution is -0.214. The summed E-state index contributed by atoms with van der Waals surface area (Å²) in [7, 11) is 0. The molecule has 3 aromatic carbocycles. The number of carbonyl (C=O) groups excluding carboxylic acids is 1. The Hall–Kier alpha value is -3.48. The minimum Gasteiger partial charge on any atom is -0.367 e. The van der Waals surface area contributed by atoms with Gasteiger partial charge in [-0.15, -0.1) is 0 Å². The Morgan fingerprint density at radius 3 is 2.29 bits per heavy atom. The molecule has 0 unspecified atom stereocenters. The number of aryl methyl sites for hydroxylation is 1. The number of benzene rings is 3. The van der Waals surface area contributed by atoms with Crippen molar-refractivity contribution in [2.24, 2.45) is 0 Å². The lowest BCUT2D eigenvalue weighted by Gasteiger charge is -2.25. The molecular formula is C28H30F3NO3. The maximum absolute atomic E-state index is 12.9. The van der Waals surface area contributed by atoms with Crippen LogP contribution in [0.15, 0.2) is 66.7 Å². The minimum atomic E-state index is -4.35. The van der Waals surface area contributed by atoms with Gasteiger partial charge in [0, 0.05) is 25.2 Å². The molecule has 3 aromatic rings. The Kier molecular flexibility index (Phi) is 8.79. The molecule has 0 aliphatic carbocycles. The van der Waals surface area contributed by atoms with Crippen LogP contribution >= 0.6 is 0 Å². The number of hydrogen-bond acceptors (Lipinski definition) is 4. The van der Waals surface area contributed by atoms with Crippen molar-refractivity contribution >= 4 is 11.7 Å². The zero-order valence-corrected chi connectivity index (χ0v) is 20.2. The third-order valence-electron chi connectivity index (χ3n) is 5.54. The van der Waals surface area contributed by atoms with Crippen LogP contribution in [0.2, 0.25) is 0 Å². The number of nitrogens with zero attached hydrogens (tertiary/aromatic N) is 1. The van der Waals surface area contributed by atoms with Crippen LogP contribution < -0.4 is 9.79 Å². The van der Waals surface area contributed by atoms with Crippen LogP contribution in [0.3, 0.4) is 0 Å². The summed E-state index contributed by atoms with van der Waals surface area (Å²) in [4.78, 5) is 23.8. The van der Waals surface area contributed by atoms with Gasteiger partial charge in [-0.25, -0.2) is 4.79 Å². The van der Waals surface area contributed by atoms with Gasteiger partial charge in [0.1, 0.15) is 0 Å². The van der Waals surface area contributed by atoms with E-state index in [0.717, 1.165) is 53.0 Å². The highest BCUT2D eigenvalue weighted by molar-refractivity contribution is 5.69. The third kappa shape index (κ3) is 7.25. The van der Waals surface area contributed by atoms with Crippen molar-refractivity contribution in [3.05, 3.63) is 83.4 Å². The molecular weight excluding hydrogens is 455 g/mol. The van der Waals surface area contributed by atoms with Crippen LogP contribution in [0.4, 0.5) is 18.9 Å². The Labute approximate surface area is 204 Å². The first-order valence-electron chi connectivity index (χ1n) is 11.7. The Bertz CT molecular complexity index is 1130. The molecule has 0 heterocycles. The van der Waals surface area contributed by atoms with Crippen molar-refractivity contribution in [3.8, 4) is 16.9 Å². The standard InChI is InChI=1S/C28H30F3NO3/c1-4-7-27(33)35-34-26-15-10-21(17-20(26)3)19-32(16-5-2)25-9-6-8-23(18-25)22-11-13-24(14-12-22)28(29,30)31/h6,8-15,17-18H,4-5,7,16,19H2,1-3H3. The van der Waals surface area contributed by atoms with E-state index in [1.54, 1.807) is 6.07 Å². The molecule has 0 saturated carbocycles.